The van der Waals surface area contributed by atoms with Crippen molar-refractivity contribution < 1.29 is 9.18 Å². The van der Waals surface area contributed by atoms with Crippen molar-refractivity contribution in [2.24, 2.45) is 10.8 Å². The van der Waals surface area contributed by atoms with Gasteiger partial charge in [0.15, 0.2) is 0 Å². The van der Waals surface area contributed by atoms with Crippen molar-refractivity contribution in [3.05, 3.63) is 30.1 Å². The van der Waals surface area contributed by atoms with E-state index in [2.05, 4.69) is 15.8 Å². The van der Waals surface area contributed by atoms with Gasteiger partial charge in [-0.05, 0) is 31.2 Å². The molecular weight excluding hydrogens is 243 g/mol. The van der Waals surface area contributed by atoms with Gasteiger partial charge in [0.2, 0.25) is 0 Å². The molecular formula is C10H11FN4OS. The largest absolute Gasteiger partial charge is 0.350 e. The molecule has 90 valence electrons. The van der Waals surface area contributed by atoms with E-state index in [4.69, 9.17) is 18.0 Å². The lowest BCUT2D eigenvalue weighted by Gasteiger charge is -2.07. The number of nitrogens with two attached hydrogens (primary N) is 1. The van der Waals surface area contributed by atoms with Crippen molar-refractivity contribution in [2.45, 2.75) is 6.92 Å². The monoisotopic (exact) mass is 254 g/mol. The summed E-state index contributed by atoms with van der Waals surface area (Å²) in [5, 5.41) is 6.49. The van der Waals surface area contributed by atoms with Crippen LogP contribution in [0.5, 0.6) is 0 Å². The third kappa shape index (κ3) is 4.56. The SMILES string of the molecule is C/C(=N/NC(N)=O)C(=S)Nc1ccc(F)cc1. The molecule has 1 aromatic carbocycles. The Bertz CT molecular complexity index is 458. The molecule has 0 aliphatic carbocycles. The first-order chi connectivity index (χ1) is 7.99. The van der Waals surface area contributed by atoms with Gasteiger partial charge in [0.1, 0.15) is 10.8 Å². The second-order valence-corrected chi connectivity index (χ2v) is 3.54. The van der Waals surface area contributed by atoms with Crippen molar-refractivity contribution in [3.63, 3.8) is 0 Å². The van der Waals surface area contributed by atoms with Crippen molar-refractivity contribution in [1.82, 2.24) is 5.43 Å². The second kappa shape index (κ2) is 5.90. The van der Waals surface area contributed by atoms with Crippen LogP contribution in [0.25, 0.3) is 0 Å². The number of anilines is 1. The molecule has 0 fully saturated rings. The van der Waals surface area contributed by atoms with E-state index in [1.54, 1.807) is 6.92 Å². The summed E-state index contributed by atoms with van der Waals surface area (Å²) in [6.07, 6.45) is 0. The standard InChI is InChI=1S/C10H11FN4OS/c1-6(14-15-10(12)16)9(17)13-8-4-2-7(11)3-5-8/h2-5H,1H3,(H,13,17)(H3,12,15,16)/b14-6-. The summed E-state index contributed by atoms with van der Waals surface area (Å²) in [6.45, 7) is 1.61. The number of carbonyl (C=O) groups is 1. The van der Waals surface area contributed by atoms with Crippen LogP contribution in [0.4, 0.5) is 14.9 Å². The Balaban J connectivity index is 2.63. The molecule has 17 heavy (non-hydrogen) atoms. The molecule has 1 rings (SSSR count). The van der Waals surface area contributed by atoms with Gasteiger partial charge < -0.3 is 11.1 Å². The van der Waals surface area contributed by atoms with Gasteiger partial charge in [0, 0.05) is 5.69 Å². The third-order valence-electron chi connectivity index (χ3n) is 1.76. The van der Waals surface area contributed by atoms with E-state index in [0.717, 1.165) is 0 Å². The van der Waals surface area contributed by atoms with Gasteiger partial charge in [-0.25, -0.2) is 14.6 Å². The molecule has 0 saturated heterocycles. The van der Waals surface area contributed by atoms with E-state index in [1.807, 2.05) is 0 Å². The minimum atomic E-state index is -0.770. The van der Waals surface area contributed by atoms with Gasteiger partial charge in [-0.1, -0.05) is 12.2 Å². The number of urea groups is 1. The van der Waals surface area contributed by atoms with Crippen molar-refractivity contribution in [1.29, 1.82) is 0 Å². The highest BCUT2D eigenvalue weighted by atomic mass is 32.1. The lowest BCUT2D eigenvalue weighted by atomic mass is 10.3. The Kier molecular flexibility index (Phi) is 4.53. The Hall–Kier alpha value is -2.02. The molecule has 0 aliphatic heterocycles. The van der Waals surface area contributed by atoms with Crippen molar-refractivity contribution >= 4 is 34.6 Å². The first kappa shape index (κ1) is 13.0. The third-order valence-corrected chi connectivity index (χ3v) is 2.16. The molecule has 4 N–H and O–H groups in total. The van der Waals surface area contributed by atoms with E-state index in [-0.39, 0.29) is 5.82 Å². The average molecular weight is 254 g/mol. The molecule has 0 unspecified atom stereocenters. The summed E-state index contributed by atoms with van der Waals surface area (Å²) >= 11 is 5.02. The number of benzene rings is 1. The van der Waals surface area contributed by atoms with Crippen LogP contribution in [0.15, 0.2) is 29.4 Å². The van der Waals surface area contributed by atoms with Gasteiger partial charge in [-0.3, -0.25) is 0 Å². The van der Waals surface area contributed by atoms with Gasteiger partial charge in [0.05, 0.1) is 5.71 Å². The summed E-state index contributed by atoms with van der Waals surface area (Å²) in [6, 6.07) is 4.92. The molecule has 0 heterocycles. The fourth-order valence-corrected chi connectivity index (χ4v) is 1.11. The second-order valence-electron chi connectivity index (χ2n) is 3.13. The first-order valence-corrected chi connectivity index (χ1v) is 5.06. The fourth-order valence-electron chi connectivity index (χ4n) is 0.944. The molecule has 0 radical (unpaired) electrons. The zero-order valence-electron chi connectivity index (χ0n) is 9.03. The number of hydrogen-bond donors (Lipinski definition) is 3. The lowest BCUT2D eigenvalue weighted by molar-refractivity contribution is 0.249. The molecule has 0 bridgehead atoms. The average Bonchev–Trinajstić information content (AvgIpc) is 2.28. The van der Waals surface area contributed by atoms with Gasteiger partial charge in [0.25, 0.3) is 0 Å². The molecule has 0 spiro atoms. The Morgan fingerprint density at radius 2 is 2.00 bits per heavy atom. The number of nitrogens with zero attached hydrogens (tertiary/aromatic N) is 1. The Morgan fingerprint density at radius 3 is 2.53 bits per heavy atom. The van der Waals surface area contributed by atoms with Crippen LogP contribution in [0.2, 0.25) is 0 Å². The van der Waals surface area contributed by atoms with Crippen LogP contribution >= 0.6 is 12.2 Å². The maximum atomic E-state index is 12.6. The number of halogens is 1. The lowest BCUT2D eigenvalue weighted by Crippen LogP contribution is -2.28. The highest BCUT2D eigenvalue weighted by Gasteiger charge is 2.02. The molecule has 1 aromatic rings. The molecule has 0 atom stereocenters. The number of thiocarbonyl (C=S) groups is 1. The maximum Gasteiger partial charge on any atom is 0.332 e. The van der Waals surface area contributed by atoms with Crippen molar-refractivity contribution in [2.75, 3.05) is 5.32 Å². The predicted molar refractivity (Wildman–Crippen MR) is 68.4 cm³/mol. The van der Waals surface area contributed by atoms with Crippen LogP contribution in [-0.4, -0.2) is 16.7 Å². The first-order valence-electron chi connectivity index (χ1n) is 4.65. The van der Waals surface area contributed by atoms with E-state index in [0.29, 0.717) is 16.4 Å². The van der Waals surface area contributed by atoms with Crippen molar-refractivity contribution in [3.8, 4) is 0 Å². The number of nitrogens with one attached hydrogen (secondary N) is 2. The molecule has 0 aliphatic rings. The van der Waals surface area contributed by atoms with Crippen LogP contribution in [0.3, 0.4) is 0 Å². The summed E-state index contributed by atoms with van der Waals surface area (Å²) in [5.41, 5.74) is 7.93. The normalized spacial score (nSPS) is 10.8. The Morgan fingerprint density at radius 1 is 1.41 bits per heavy atom. The van der Waals surface area contributed by atoms with Gasteiger partial charge in [-0.2, -0.15) is 5.10 Å². The van der Waals surface area contributed by atoms with E-state index in [9.17, 15) is 9.18 Å². The quantitative estimate of drug-likeness (QED) is 0.435. The summed E-state index contributed by atoms with van der Waals surface area (Å²) in [7, 11) is 0. The van der Waals surface area contributed by atoms with E-state index < -0.39 is 6.03 Å². The van der Waals surface area contributed by atoms with Crippen LogP contribution in [0.1, 0.15) is 6.92 Å². The smallest absolute Gasteiger partial charge is 0.332 e. The van der Waals surface area contributed by atoms with E-state index >= 15 is 0 Å². The van der Waals surface area contributed by atoms with E-state index in [1.165, 1.54) is 24.3 Å². The number of hydrazone groups is 1. The molecule has 7 heteroatoms. The number of amides is 2. The Labute approximate surface area is 103 Å². The number of rotatable bonds is 3. The van der Waals surface area contributed by atoms with Gasteiger partial charge >= 0.3 is 6.03 Å². The zero-order chi connectivity index (χ0) is 12.8. The predicted octanol–water partition coefficient (Wildman–Crippen LogP) is 1.61. The topological polar surface area (TPSA) is 79.5 Å². The fraction of sp³-hybridized carbons (Fsp3) is 0.100. The highest BCUT2D eigenvalue weighted by Crippen LogP contribution is 2.08. The summed E-state index contributed by atoms with van der Waals surface area (Å²) < 4.78 is 12.6. The van der Waals surface area contributed by atoms with Gasteiger partial charge in [-0.15, -0.1) is 0 Å². The highest BCUT2D eigenvalue weighted by molar-refractivity contribution is 7.82. The molecule has 0 aromatic heterocycles. The molecule has 2 amide bonds. The zero-order valence-corrected chi connectivity index (χ0v) is 9.84. The van der Waals surface area contributed by atoms with Crippen LogP contribution in [-0.2, 0) is 0 Å². The number of carbonyl (C=O) groups excluding carboxylic acids is 1. The van der Waals surface area contributed by atoms with Crippen LogP contribution in [0, 0.1) is 5.82 Å². The number of primary amides is 1. The minimum Gasteiger partial charge on any atom is -0.350 e. The summed E-state index contributed by atoms with van der Waals surface area (Å²) in [5.74, 6) is -0.331. The maximum absolute atomic E-state index is 12.6. The van der Waals surface area contributed by atoms with Crippen LogP contribution < -0.4 is 16.5 Å². The summed E-state index contributed by atoms with van der Waals surface area (Å²) in [4.78, 5) is 10.7. The minimum absolute atomic E-state index is 0.311. The molecule has 5 nitrogen and oxygen atoms in total. The molecule has 0 saturated carbocycles. The number of hydrogen-bond acceptors (Lipinski definition) is 3.